The second-order valence-electron chi connectivity index (χ2n) is 2.73. The number of ether oxygens (including phenoxy) is 1. The maximum Gasteiger partial charge on any atom is 0.0893 e. The summed E-state index contributed by atoms with van der Waals surface area (Å²) >= 11 is 0. The van der Waals surface area contributed by atoms with Gasteiger partial charge >= 0.3 is 0 Å². The summed E-state index contributed by atoms with van der Waals surface area (Å²) in [5.74, 6) is 0. The molecule has 0 aromatic rings. The molecule has 1 saturated heterocycles. The van der Waals surface area contributed by atoms with Crippen LogP contribution in [-0.4, -0.2) is 6.61 Å². The molecule has 0 amide bonds. The fourth-order valence-corrected chi connectivity index (χ4v) is 0.665. The van der Waals surface area contributed by atoms with Crippen molar-refractivity contribution in [2.24, 2.45) is 5.41 Å². The molecule has 0 N–H and O–H groups in total. The predicted molar refractivity (Wildman–Crippen MR) is 28.6 cm³/mol. The number of rotatable bonds is 0. The first-order valence-corrected chi connectivity index (χ1v) is 2.67. The van der Waals surface area contributed by atoms with Gasteiger partial charge in [0.25, 0.3) is 0 Å². The summed E-state index contributed by atoms with van der Waals surface area (Å²) in [6, 6.07) is 0. The highest BCUT2D eigenvalue weighted by Gasteiger charge is 2.23. The summed E-state index contributed by atoms with van der Waals surface area (Å²) in [6.45, 7) is 7.19. The molecular weight excluding hydrogens is 88.1 g/mol. The molecule has 0 aromatic heterocycles. The monoisotopic (exact) mass is 99.1 g/mol. The quantitative estimate of drug-likeness (QED) is 0.448. The topological polar surface area (TPSA) is 9.23 Å². The van der Waals surface area contributed by atoms with E-state index in [1.807, 2.05) is 6.61 Å². The maximum absolute atomic E-state index is 5.03. The summed E-state index contributed by atoms with van der Waals surface area (Å²) in [5.41, 5.74) is 0.347. The molecule has 1 fully saturated rings. The van der Waals surface area contributed by atoms with Crippen molar-refractivity contribution in [3.05, 3.63) is 6.61 Å². The van der Waals surface area contributed by atoms with Crippen LogP contribution in [0.4, 0.5) is 0 Å². The Bertz CT molecular complexity index is 58.6. The molecule has 1 aliphatic heterocycles. The first-order valence-electron chi connectivity index (χ1n) is 2.67. The molecule has 1 heterocycles. The molecule has 1 heteroatoms. The molecule has 1 radical (unpaired) electrons. The van der Waals surface area contributed by atoms with Gasteiger partial charge in [-0.05, 0) is 11.8 Å². The lowest BCUT2D eigenvalue weighted by Crippen LogP contribution is -2.03. The Morgan fingerprint density at radius 3 is 2.43 bits per heavy atom. The van der Waals surface area contributed by atoms with Gasteiger partial charge in [0.15, 0.2) is 0 Å². The molecule has 0 unspecified atom stereocenters. The molecule has 1 nitrogen and oxygen atoms in total. The molecule has 0 atom stereocenters. The van der Waals surface area contributed by atoms with Crippen LogP contribution in [0.5, 0.6) is 0 Å². The minimum absolute atomic E-state index is 0.347. The van der Waals surface area contributed by atoms with Crippen LogP contribution in [0.25, 0.3) is 0 Å². The summed E-state index contributed by atoms with van der Waals surface area (Å²) in [5, 5.41) is 0. The average molecular weight is 99.2 g/mol. The Labute approximate surface area is 44.7 Å². The Morgan fingerprint density at radius 2 is 2.29 bits per heavy atom. The van der Waals surface area contributed by atoms with Gasteiger partial charge in [-0.3, -0.25) is 0 Å². The van der Waals surface area contributed by atoms with E-state index in [-0.39, 0.29) is 0 Å². The fourth-order valence-electron chi connectivity index (χ4n) is 0.665. The van der Waals surface area contributed by atoms with Crippen molar-refractivity contribution in [3.63, 3.8) is 0 Å². The Morgan fingerprint density at radius 1 is 1.57 bits per heavy atom. The van der Waals surface area contributed by atoms with E-state index in [1.165, 1.54) is 6.42 Å². The van der Waals surface area contributed by atoms with Gasteiger partial charge in [0, 0.05) is 6.61 Å². The summed E-state index contributed by atoms with van der Waals surface area (Å²) < 4.78 is 5.03. The third-order valence-corrected chi connectivity index (χ3v) is 1.27. The van der Waals surface area contributed by atoms with Crippen LogP contribution < -0.4 is 0 Å². The molecule has 0 aromatic carbocycles. The number of hydrogen-bond acceptors (Lipinski definition) is 1. The van der Waals surface area contributed by atoms with Gasteiger partial charge in [-0.1, -0.05) is 13.8 Å². The van der Waals surface area contributed by atoms with E-state index in [2.05, 4.69) is 13.8 Å². The van der Waals surface area contributed by atoms with Gasteiger partial charge in [-0.15, -0.1) is 0 Å². The molecule has 41 valence electrons. The first kappa shape index (κ1) is 5.10. The second-order valence-corrected chi connectivity index (χ2v) is 2.73. The zero-order valence-corrected chi connectivity index (χ0v) is 4.90. The minimum atomic E-state index is 0.347. The summed E-state index contributed by atoms with van der Waals surface area (Å²) in [6.07, 6.45) is 1.17. The SMILES string of the molecule is CC1(C)[CH]OCC1. The van der Waals surface area contributed by atoms with Crippen molar-refractivity contribution in [1.82, 2.24) is 0 Å². The molecule has 1 rings (SSSR count). The van der Waals surface area contributed by atoms with Gasteiger partial charge in [-0.2, -0.15) is 0 Å². The highest BCUT2D eigenvalue weighted by Crippen LogP contribution is 2.29. The predicted octanol–water partition coefficient (Wildman–Crippen LogP) is 1.59. The zero-order chi connectivity index (χ0) is 5.33. The molecule has 1 aliphatic rings. The maximum atomic E-state index is 5.03. The van der Waals surface area contributed by atoms with Crippen LogP contribution in [0, 0.1) is 12.0 Å². The Kier molecular flexibility index (Phi) is 1.08. The van der Waals surface area contributed by atoms with Crippen LogP contribution in [0.1, 0.15) is 20.3 Å². The van der Waals surface area contributed by atoms with Gasteiger partial charge in [0.05, 0.1) is 6.61 Å². The Balaban J connectivity index is 2.40. The second kappa shape index (κ2) is 1.48. The van der Waals surface area contributed by atoms with Gasteiger partial charge in [-0.25, -0.2) is 0 Å². The first-order chi connectivity index (χ1) is 3.21. The lowest BCUT2D eigenvalue weighted by Gasteiger charge is -2.10. The van der Waals surface area contributed by atoms with E-state index in [9.17, 15) is 0 Å². The average Bonchev–Trinajstić information content (AvgIpc) is 1.84. The normalized spacial score (nSPS) is 28.3. The van der Waals surface area contributed by atoms with E-state index in [0.29, 0.717) is 5.41 Å². The number of hydrogen-bond donors (Lipinski definition) is 0. The highest BCUT2D eigenvalue weighted by atomic mass is 16.5. The molecule has 0 spiro atoms. The smallest absolute Gasteiger partial charge is 0.0893 e. The van der Waals surface area contributed by atoms with Crippen molar-refractivity contribution >= 4 is 0 Å². The standard InChI is InChI=1S/C6H11O/c1-6(2)3-4-7-5-6/h5H,3-4H2,1-2H3. The van der Waals surface area contributed by atoms with Gasteiger partial charge in [0.1, 0.15) is 0 Å². The third kappa shape index (κ3) is 1.16. The molecule has 0 aliphatic carbocycles. The lowest BCUT2D eigenvalue weighted by atomic mass is 9.94. The molecular formula is C6H11O. The van der Waals surface area contributed by atoms with Crippen LogP contribution in [0.15, 0.2) is 0 Å². The van der Waals surface area contributed by atoms with Crippen molar-refractivity contribution in [3.8, 4) is 0 Å². The van der Waals surface area contributed by atoms with Crippen molar-refractivity contribution < 1.29 is 4.74 Å². The van der Waals surface area contributed by atoms with Crippen molar-refractivity contribution in [2.45, 2.75) is 20.3 Å². The van der Waals surface area contributed by atoms with E-state index in [4.69, 9.17) is 4.74 Å². The van der Waals surface area contributed by atoms with E-state index >= 15 is 0 Å². The molecule has 0 bridgehead atoms. The lowest BCUT2D eigenvalue weighted by molar-refractivity contribution is 0.238. The Hall–Kier alpha value is -0.0400. The highest BCUT2D eigenvalue weighted by molar-refractivity contribution is 4.82. The summed E-state index contributed by atoms with van der Waals surface area (Å²) in [4.78, 5) is 0. The largest absolute Gasteiger partial charge is 0.375 e. The van der Waals surface area contributed by atoms with Crippen LogP contribution in [0.3, 0.4) is 0 Å². The third-order valence-electron chi connectivity index (χ3n) is 1.27. The van der Waals surface area contributed by atoms with E-state index < -0.39 is 0 Å². The van der Waals surface area contributed by atoms with Crippen LogP contribution >= 0.6 is 0 Å². The van der Waals surface area contributed by atoms with Gasteiger partial charge in [0.2, 0.25) is 0 Å². The fraction of sp³-hybridized carbons (Fsp3) is 0.833. The van der Waals surface area contributed by atoms with Crippen molar-refractivity contribution in [1.29, 1.82) is 0 Å². The summed E-state index contributed by atoms with van der Waals surface area (Å²) in [7, 11) is 0. The van der Waals surface area contributed by atoms with E-state index in [1.54, 1.807) is 0 Å². The van der Waals surface area contributed by atoms with Crippen LogP contribution in [0.2, 0.25) is 0 Å². The van der Waals surface area contributed by atoms with Gasteiger partial charge < -0.3 is 4.74 Å². The zero-order valence-electron chi connectivity index (χ0n) is 4.90. The van der Waals surface area contributed by atoms with Crippen molar-refractivity contribution in [2.75, 3.05) is 6.61 Å². The minimum Gasteiger partial charge on any atom is -0.375 e. The van der Waals surface area contributed by atoms with E-state index in [0.717, 1.165) is 6.61 Å². The van der Waals surface area contributed by atoms with Crippen LogP contribution in [-0.2, 0) is 4.74 Å². The molecule has 0 saturated carbocycles. The molecule has 7 heavy (non-hydrogen) atoms.